The Kier molecular flexibility index (Phi) is 10.9. The number of aliphatic hydroxyl groups is 3. The number of nitrogens with one attached hydrogen (secondary N) is 3. The quantitative estimate of drug-likeness (QED) is 0.101. The first kappa shape index (κ1) is 33.8. The predicted octanol–water partition coefficient (Wildman–Crippen LogP) is -4.13. The average Bonchev–Trinajstić information content (AvgIpc) is 3.25. The standard InChI is InChI=1S/C25H32N6O13/c1-9(17(36)11-3-2-10(32)8-27-11)15(26)21(39)30-16(22(40)28-12(24(41)42)4-5-14(34)35)20-18(37)19(38)23(44-20)31-7-6-13(33)29-25(31)43/h2-3,6-9,12,15-20,23,32,36-38H,4-5,26H2,1H3,(H,28,40)(H,30,39)(H,34,35)(H,41,42)(H,29,33,43)/t9?,12?,15?,16?,17?,18-,19+,20+,23+/m0/s1. The molecule has 2 aromatic rings. The molecule has 1 fully saturated rings. The Morgan fingerprint density at radius 2 is 1.77 bits per heavy atom. The number of aliphatic carboxylic acids is 2. The fourth-order valence-corrected chi connectivity index (χ4v) is 4.43. The second-order valence-electron chi connectivity index (χ2n) is 10.1. The number of carbonyl (C=O) groups is 4. The number of amides is 2. The van der Waals surface area contributed by atoms with Gasteiger partial charge in [-0.25, -0.2) is 9.59 Å². The van der Waals surface area contributed by atoms with Crippen molar-refractivity contribution < 1.29 is 54.6 Å². The van der Waals surface area contributed by atoms with Gasteiger partial charge in [0.05, 0.1) is 17.9 Å². The van der Waals surface area contributed by atoms with E-state index >= 15 is 0 Å². The minimum atomic E-state index is -2.00. The molecule has 1 saturated heterocycles. The van der Waals surface area contributed by atoms with Crippen molar-refractivity contribution >= 4 is 23.8 Å². The lowest BCUT2D eigenvalue weighted by Gasteiger charge is -2.30. The summed E-state index contributed by atoms with van der Waals surface area (Å²) >= 11 is 0. The number of aromatic amines is 1. The van der Waals surface area contributed by atoms with Gasteiger partial charge in [0.25, 0.3) is 5.56 Å². The molecule has 1 aliphatic rings. The van der Waals surface area contributed by atoms with Gasteiger partial charge < -0.3 is 51.7 Å². The van der Waals surface area contributed by atoms with Crippen LogP contribution >= 0.6 is 0 Å². The fourth-order valence-electron chi connectivity index (χ4n) is 4.43. The zero-order chi connectivity index (χ0) is 32.9. The smallest absolute Gasteiger partial charge is 0.330 e. The minimum absolute atomic E-state index is 0.0439. The van der Waals surface area contributed by atoms with E-state index in [4.69, 9.17) is 15.6 Å². The first-order valence-electron chi connectivity index (χ1n) is 13.1. The molecule has 19 nitrogen and oxygen atoms in total. The Bertz CT molecular complexity index is 1480. The zero-order valence-electron chi connectivity index (χ0n) is 23.0. The molecule has 2 amide bonds. The molecule has 3 heterocycles. The third-order valence-corrected chi connectivity index (χ3v) is 7.01. The van der Waals surface area contributed by atoms with Crippen LogP contribution in [0.4, 0.5) is 0 Å². The van der Waals surface area contributed by atoms with Crippen molar-refractivity contribution in [1.82, 2.24) is 25.2 Å². The number of hydrogen-bond acceptors (Lipinski definition) is 13. The van der Waals surface area contributed by atoms with Crippen LogP contribution in [0.2, 0.25) is 0 Å². The molecule has 0 radical (unpaired) electrons. The van der Waals surface area contributed by atoms with Crippen molar-refractivity contribution in [2.75, 3.05) is 0 Å². The van der Waals surface area contributed by atoms with Crippen LogP contribution in [-0.4, -0.2) is 105 Å². The molecule has 11 N–H and O–H groups in total. The Balaban J connectivity index is 1.91. The molecular weight excluding hydrogens is 592 g/mol. The Labute approximate surface area is 246 Å². The van der Waals surface area contributed by atoms with Gasteiger partial charge in [-0.3, -0.25) is 33.7 Å². The lowest BCUT2D eigenvalue weighted by Crippen LogP contribution is -2.61. The number of carboxylic acid groups (broad SMARTS) is 2. The SMILES string of the molecule is CC(C(N)C(=O)NC(C(=O)NC(CCC(=O)O)C(=O)O)[C@H]1O[C@@H](n2ccc(=O)[nH]c2=O)[C@H](O)[C@@H]1O)C(O)c1ccc(O)cn1. The van der Waals surface area contributed by atoms with Crippen LogP contribution in [0.15, 0.2) is 40.2 Å². The average molecular weight is 625 g/mol. The first-order chi connectivity index (χ1) is 20.6. The molecule has 0 aromatic carbocycles. The number of carbonyl (C=O) groups excluding carboxylic acids is 2. The Morgan fingerprint density at radius 1 is 1.09 bits per heavy atom. The zero-order valence-corrected chi connectivity index (χ0v) is 23.0. The van der Waals surface area contributed by atoms with Crippen LogP contribution in [0.3, 0.4) is 0 Å². The maximum absolute atomic E-state index is 13.4. The van der Waals surface area contributed by atoms with Crippen LogP contribution in [-0.2, 0) is 23.9 Å². The lowest BCUT2D eigenvalue weighted by molar-refractivity contribution is -0.145. The van der Waals surface area contributed by atoms with E-state index in [1.807, 2.05) is 4.98 Å². The highest BCUT2D eigenvalue weighted by molar-refractivity contribution is 5.92. The molecule has 0 aliphatic carbocycles. The van der Waals surface area contributed by atoms with Gasteiger partial charge in [0.2, 0.25) is 11.8 Å². The fraction of sp³-hybridized carbons (Fsp3) is 0.480. The Hall–Kier alpha value is -4.69. The van der Waals surface area contributed by atoms with Crippen molar-refractivity contribution in [3.8, 4) is 5.75 Å². The summed E-state index contributed by atoms with van der Waals surface area (Å²) in [5, 5.41) is 64.3. The molecule has 3 rings (SSSR count). The molecule has 9 atom stereocenters. The highest BCUT2D eigenvalue weighted by Crippen LogP contribution is 2.31. The van der Waals surface area contributed by atoms with Crippen LogP contribution < -0.4 is 27.6 Å². The topological polar surface area (TPSA) is 317 Å². The van der Waals surface area contributed by atoms with Crippen molar-refractivity contribution in [2.24, 2.45) is 11.7 Å². The molecule has 19 heteroatoms. The van der Waals surface area contributed by atoms with Crippen molar-refractivity contribution in [3.05, 3.63) is 57.1 Å². The van der Waals surface area contributed by atoms with Crippen molar-refractivity contribution in [1.29, 1.82) is 0 Å². The van der Waals surface area contributed by atoms with Crippen LogP contribution in [0.25, 0.3) is 0 Å². The first-order valence-corrected chi connectivity index (χ1v) is 13.1. The highest BCUT2D eigenvalue weighted by Gasteiger charge is 2.50. The summed E-state index contributed by atoms with van der Waals surface area (Å²) in [6.07, 6.45) is -8.10. The van der Waals surface area contributed by atoms with Crippen molar-refractivity contribution in [3.63, 3.8) is 0 Å². The van der Waals surface area contributed by atoms with Gasteiger partial charge in [-0.1, -0.05) is 6.92 Å². The van der Waals surface area contributed by atoms with E-state index in [9.17, 15) is 54.3 Å². The normalized spacial score (nSPS) is 23.1. The molecule has 5 unspecified atom stereocenters. The molecule has 44 heavy (non-hydrogen) atoms. The van der Waals surface area contributed by atoms with Crippen LogP contribution in [0, 0.1) is 5.92 Å². The lowest BCUT2D eigenvalue weighted by atomic mass is 9.92. The molecule has 0 saturated carbocycles. The molecule has 0 bridgehead atoms. The molecule has 0 spiro atoms. The largest absolute Gasteiger partial charge is 0.506 e. The summed E-state index contributed by atoms with van der Waals surface area (Å²) in [6, 6.07) is -1.90. The number of pyridine rings is 1. The number of H-pyrrole nitrogens is 1. The predicted molar refractivity (Wildman–Crippen MR) is 144 cm³/mol. The highest BCUT2D eigenvalue weighted by atomic mass is 16.6. The molecule has 1 aliphatic heterocycles. The number of nitrogens with zero attached hydrogens (tertiary/aromatic N) is 2. The van der Waals surface area contributed by atoms with E-state index in [1.54, 1.807) is 0 Å². The van der Waals surface area contributed by atoms with E-state index in [0.717, 1.165) is 18.5 Å². The van der Waals surface area contributed by atoms with E-state index < -0.39 is 103 Å². The second kappa shape index (κ2) is 14.2. The monoisotopic (exact) mass is 624 g/mol. The van der Waals surface area contributed by atoms with Gasteiger partial charge in [0, 0.05) is 24.6 Å². The number of aromatic nitrogens is 3. The summed E-state index contributed by atoms with van der Waals surface area (Å²) in [7, 11) is 0. The number of aliphatic hydroxyl groups excluding tert-OH is 3. The second-order valence-corrected chi connectivity index (χ2v) is 10.1. The number of carboxylic acids is 2. The van der Waals surface area contributed by atoms with E-state index in [2.05, 4.69) is 15.6 Å². The maximum atomic E-state index is 13.4. The number of aromatic hydroxyl groups is 1. The van der Waals surface area contributed by atoms with Crippen LogP contribution in [0.1, 0.15) is 37.8 Å². The number of rotatable bonds is 13. The van der Waals surface area contributed by atoms with Gasteiger partial charge >= 0.3 is 17.6 Å². The summed E-state index contributed by atoms with van der Waals surface area (Å²) in [5.74, 6) is -6.64. The van der Waals surface area contributed by atoms with Gasteiger partial charge in [-0.05, 0) is 18.6 Å². The van der Waals surface area contributed by atoms with Gasteiger partial charge in [-0.15, -0.1) is 0 Å². The number of nitrogens with two attached hydrogens (primary N) is 1. The summed E-state index contributed by atoms with van der Waals surface area (Å²) in [4.78, 5) is 78.8. The molecular formula is C25H32N6O13. The third kappa shape index (κ3) is 7.82. The number of ether oxygens (including phenoxy) is 1. The van der Waals surface area contributed by atoms with E-state index in [0.29, 0.717) is 4.57 Å². The van der Waals surface area contributed by atoms with Crippen LogP contribution in [0.5, 0.6) is 5.75 Å². The van der Waals surface area contributed by atoms with Gasteiger partial charge in [-0.2, -0.15) is 0 Å². The Morgan fingerprint density at radius 3 is 2.34 bits per heavy atom. The van der Waals surface area contributed by atoms with Gasteiger partial charge in [0.1, 0.15) is 42.2 Å². The maximum Gasteiger partial charge on any atom is 0.330 e. The minimum Gasteiger partial charge on any atom is -0.506 e. The number of hydrogen-bond donors (Lipinski definition) is 10. The van der Waals surface area contributed by atoms with Crippen molar-refractivity contribution in [2.45, 2.75) is 68.5 Å². The summed E-state index contributed by atoms with van der Waals surface area (Å²) < 4.78 is 6.29. The third-order valence-electron chi connectivity index (χ3n) is 7.01. The molecule has 2 aromatic heterocycles. The van der Waals surface area contributed by atoms with E-state index in [1.165, 1.54) is 19.1 Å². The van der Waals surface area contributed by atoms with E-state index in [-0.39, 0.29) is 11.4 Å². The van der Waals surface area contributed by atoms with Gasteiger partial charge in [0.15, 0.2) is 6.23 Å². The molecule has 240 valence electrons. The summed E-state index contributed by atoms with van der Waals surface area (Å²) in [6.45, 7) is 1.37. The summed E-state index contributed by atoms with van der Waals surface area (Å²) in [5.41, 5.74) is 4.26.